The van der Waals surface area contributed by atoms with E-state index in [9.17, 15) is 29.1 Å². The molecule has 0 fully saturated rings. The monoisotopic (exact) mass is 718 g/mol. The molecule has 51 heavy (non-hydrogen) atoms. The Kier molecular flexibility index (Phi) is 21.1. The summed E-state index contributed by atoms with van der Waals surface area (Å²) < 4.78 is 5.32. The normalized spacial score (nSPS) is 15.0. The van der Waals surface area contributed by atoms with Crippen LogP contribution in [0.1, 0.15) is 132 Å². The molecule has 0 heterocycles. The smallest absolute Gasteiger partial charge is 0.408 e. The highest BCUT2D eigenvalue weighted by molar-refractivity contribution is 5.88. The van der Waals surface area contributed by atoms with E-state index in [2.05, 4.69) is 47.4 Å². The molecule has 4 unspecified atom stereocenters. The summed E-state index contributed by atoms with van der Waals surface area (Å²) in [5, 5.41) is 25.6. The second kappa shape index (κ2) is 23.7. The summed E-state index contributed by atoms with van der Waals surface area (Å²) in [5.41, 5.74) is 0.239. The molecule has 12 nitrogen and oxygen atoms in total. The van der Waals surface area contributed by atoms with Gasteiger partial charge in [-0.25, -0.2) is 4.79 Å². The Morgan fingerprint density at radius 3 is 1.96 bits per heavy atom. The summed E-state index contributed by atoms with van der Waals surface area (Å²) >= 11 is 0. The van der Waals surface area contributed by atoms with Gasteiger partial charge in [-0.3, -0.25) is 19.2 Å². The van der Waals surface area contributed by atoms with Gasteiger partial charge in [0.2, 0.25) is 23.6 Å². The maximum absolute atomic E-state index is 13.5. The van der Waals surface area contributed by atoms with Gasteiger partial charge in [-0.2, -0.15) is 0 Å². The number of hydrogen-bond donors (Lipinski definition) is 6. The van der Waals surface area contributed by atoms with Gasteiger partial charge >= 0.3 is 6.09 Å². The first-order chi connectivity index (χ1) is 24.0. The third-order valence-corrected chi connectivity index (χ3v) is 8.61. The molecule has 1 aromatic rings. The molecule has 0 aliphatic heterocycles. The lowest BCUT2D eigenvalue weighted by atomic mass is 9.92. The summed E-state index contributed by atoms with van der Waals surface area (Å²) in [6, 6.07) is 6.87. The third-order valence-electron chi connectivity index (χ3n) is 8.61. The van der Waals surface area contributed by atoms with Gasteiger partial charge in [-0.1, -0.05) is 91.1 Å². The van der Waals surface area contributed by atoms with Crippen LogP contribution in [-0.4, -0.2) is 70.7 Å². The van der Waals surface area contributed by atoms with E-state index < -0.39 is 53.8 Å². The Balaban J connectivity index is 2.91. The molecule has 0 spiro atoms. The summed E-state index contributed by atoms with van der Waals surface area (Å²) in [7, 11) is 0. The van der Waals surface area contributed by atoms with Crippen LogP contribution in [-0.2, 0) is 30.5 Å². The maximum atomic E-state index is 13.5. The quantitative estimate of drug-likeness (QED) is 0.0837. The van der Waals surface area contributed by atoms with Gasteiger partial charge in [-0.05, 0) is 70.8 Å². The molecule has 12 heteroatoms. The van der Waals surface area contributed by atoms with Crippen molar-refractivity contribution in [2.45, 2.75) is 169 Å². The molecule has 0 aromatic heterocycles. The average molecular weight is 718 g/mol. The Morgan fingerprint density at radius 2 is 1.39 bits per heavy atom. The van der Waals surface area contributed by atoms with E-state index >= 15 is 0 Å². The van der Waals surface area contributed by atoms with E-state index in [0.29, 0.717) is 38.1 Å². The van der Waals surface area contributed by atoms with Gasteiger partial charge in [0.25, 0.3) is 0 Å². The fourth-order valence-corrected chi connectivity index (χ4v) is 5.54. The van der Waals surface area contributed by atoms with Gasteiger partial charge in [0.05, 0.1) is 12.1 Å². The predicted octanol–water partition coefficient (Wildman–Crippen LogP) is 5.26. The van der Waals surface area contributed by atoms with Crippen LogP contribution in [0.2, 0.25) is 0 Å². The van der Waals surface area contributed by atoms with Crippen molar-refractivity contribution in [2.75, 3.05) is 0 Å². The molecular formula is C39H67N5O7. The molecule has 6 atom stereocenters. The van der Waals surface area contributed by atoms with Crippen molar-refractivity contribution in [3.63, 3.8) is 0 Å². The number of aliphatic hydroxyl groups excluding tert-OH is 1. The van der Waals surface area contributed by atoms with Gasteiger partial charge < -0.3 is 36.4 Å². The second-order valence-electron chi connectivity index (χ2n) is 15.0. The number of amides is 5. The molecule has 290 valence electrons. The van der Waals surface area contributed by atoms with Crippen LogP contribution >= 0.6 is 0 Å². The Bertz CT molecular complexity index is 1200. The van der Waals surface area contributed by atoms with E-state index in [0.717, 1.165) is 31.2 Å². The van der Waals surface area contributed by atoms with E-state index in [1.54, 1.807) is 34.6 Å². The van der Waals surface area contributed by atoms with E-state index in [1.165, 1.54) is 0 Å². The van der Waals surface area contributed by atoms with Gasteiger partial charge in [0.1, 0.15) is 17.7 Å². The molecule has 0 bridgehead atoms. The maximum Gasteiger partial charge on any atom is 0.408 e. The van der Waals surface area contributed by atoms with Gasteiger partial charge in [-0.15, -0.1) is 0 Å². The van der Waals surface area contributed by atoms with Crippen molar-refractivity contribution in [2.24, 2.45) is 11.8 Å². The summed E-state index contributed by atoms with van der Waals surface area (Å²) in [6.07, 6.45) is 3.65. The average Bonchev–Trinajstić information content (AvgIpc) is 3.06. The number of carbonyl (C=O) groups is 5. The zero-order chi connectivity index (χ0) is 38.6. The summed E-state index contributed by atoms with van der Waals surface area (Å²) in [5.74, 6) is -1.66. The molecule has 1 rings (SSSR count). The van der Waals surface area contributed by atoms with Crippen LogP contribution in [0, 0.1) is 11.8 Å². The molecule has 0 saturated carbocycles. The van der Waals surface area contributed by atoms with Crippen molar-refractivity contribution in [3.8, 4) is 0 Å². The van der Waals surface area contributed by atoms with Crippen LogP contribution in [0.25, 0.3) is 0 Å². The topological polar surface area (TPSA) is 175 Å². The highest BCUT2D eigenvalue weighted by Gasteiger charge is 2.30. The largest absolute Gasteiger partial charge is 0.444 e. The number of nitrogens with one attached hydrogen (secondary N) is 5. The molecule has 0 aliphatic carbocycles. The number of aliphatic hydroxyl groups is 1. The number of alkyl carbamates (subject to hydrolysis) is 1. The lowest BCUT2D eigenvalue weighted by molar-refractivity contribution is -0.131. The minimum Gasteiger partial charge on any atom is -0.444 e. The molecular weight excluding hydrogens is 650 g/mol. The zero-order valence-corrected chi connectivity index (χ0v) is 32.6. The minimum atomic E-state index is -1.02. The molecule has 0 radical (unpaired) electrons. The van der Waals surface area contributed by atoms with Crippen LogP contribution in [0.4, 0.5) is 4.79 Å². The standard InChI is InChI=1S/C39H67N5O7/c1-10-13-15-20-29(41-37(49)31(12-3)44-38(50)51-39(7,8)9)24-34(46)42-32(22-21-26(4)5)33(45)23-27(6)35(47)43-30(11-2)36(48)40-25-28-18-16-14-17-19-28/h14,16-19,26-27,29-33,45H,10-13,15,20-25H2,1-9H3,(H,40,48)(H,41,49)(H,42,46)(H,43,47)(H,44,50)/t27?,29?,30?,31-,32-,33?/m0/s1. The lowest BCUT2D eigenvalue weighted by Gasteiger charge is -2.29. The number of carbonyl (C=O) groups excluding carboxylic acids is 5. The van der Waals surface area contributed by atoms with Crippen molar-refractivity contribution in [1.29, 1.82) is 0 Å². The number of unbranched alkanes of at least 4 members (excludes halogenated alkanes) is 2. The summed E-state index contributed by atoms with van der Waals surface area (Å²) in [4.78, 5) is 65.0. The predicted molar refractivity (Wildman–Crippen MR) is 200 cm³/mol. The number of ether oxygens (including phenoxy) is 1. The fraction of sp³-hybridized carbons (Fsp3) is 0.718. The molecule has 5 amide bonds. The van der Waals surface area contributed by atoms with E-state index in [-0.39, 0.29) is 30.6 Å². The Labute approximate surface area is 306 Å². The van der Waals surface area contributed by atoms with Gasteiger partial charge in [0, 0.05) is 24.9 Å². The van der Waals surface area contributed by atoms with Crippen molar-refractivity contribution in [3.05, 3.63) is 35.9 Å². The first-order valence-corrected chi connectivity index (χ1v) is 18.9. The van der Waals surface area contributed by atoms with E-state index in [4.69, 9.17) is 4.74 Å². The van der Waals surface area contributed by atoms with E-state index in [1.807, 2.05) is 37.3 Å². The fourth-order valence-electron chi connectivity index (χ4n) is 5.54. The zero-order valence-electron chi connectivity index (χ0n) is 32.6. The summed E-state index contributed by atoms with van der Waals surface area (Å²) in [6.45, 7) is 17.1. The van der Waals surface area contributed by atoms with Crippen molar-refractivity contribution >= 4 is 29.7 Å². The second-order valence-corrected chi connectivity index (χ2v) is 15.0. The SMILES string of the molecule is CCCCCC(CC(=O)N[C@@H](CCC(C)C)C(O)CC(C)C(=O)NC(CC)C(=O)NCc1ccccc1)NC(=O)[C@H](CC)NC(=O)OC(C)(C)C. The highest BCUT2D eigenvalue weighted by Crippen LogP contribution is 2.17. The first kappa shape index (κ1) is 45.4. The Hall–Kier alpha value is -3.67. The van der Waals surface area contributed by atoms with Crippen LogP contribution in [0.15, 0.2) is 30.3 Å². The van der Waals surface area contributed by atoms with Crippen LogP contribution < -0.4 is 26.6 Å². The van der Waals surface area contributed by atoms with Crippen LogP contribution in [0.5, 0.6) is 0 Å². The third kappa shape index (κ3) is 19.5. The number of hydrogen-bond acceptors (Lipinski definition) is 7. The number of rotatable bonds is 23. The molecule has 0 aliphatic rings. The van der Waals surface area contributed by atoms with Crippen LogP contribution in [0.3, 0.4) is 0 Å². The minimum absolute atomic E-state index is 0.00443. The molecule has 0 saturated heterocycles. The molecule has 1 aromatic carbocycles. The lowest BCUT2D eigenvalue weighted by Crippen LogP contribution is -2.52. The first-order valence-electron chi connectivity index (χ1n) is 18.9. The van der Waals surface area contributed by atoms with Crippen molar-refractivity contribution < 1.29 is 33.8 Å². The highest BCUT2D eigenvalue weighted by atomic mass is 16.6. The Morgan fingerprint density at radius 1 is 0.765 bits per heavy atom. The number of benzene rings is 1. The van der Waals surface area contributed by atoms with Gasteiger partial charge in [0.15, 0.2) is 0 Å². The van der Waals surface area contributed by atoms with Crippen molar-refractivity contribution in [1.82, 2.24) is 26.6 Å². The molecule has 6 N–H and O–H groups in total.